The Morgan fingerprint density at radius 2 is 1.89 bits per heavy atom. The van der Waals surface area contributed by atoms with Gasteiger partial charge in [-0.1, -0.05) is 12.2 Å². The van der Waals surface area contributed by atoms with Crippen molar-refractivity contribution in [3.63, 3.8) is 0 Å². The van der Waals surface area contributed by atoms with E-state index in [1.54, 1.807) is 17.1 Å². The molecule has 4 nitrogen and oxygen atoms in total. The zero-order valence-electron chi connectivity index (χ0n) is 11.6. The molecule has 0 aliphatic carbocycles. The summed E-state index contributed by atoms with van der Waals surface area (Å²) in [6.07, 6.45) is 5.84. The summed E-state index contributed by atoms with van der Waals surface area (Å²) in [5, 5.41) is 8.57. The van der Waals surface area contributed by atoms with Gasteiger partial charge in [0.05, 0.1) is 6.07 Å². The minimum atomic E-state index is 0.109. The first-order chi connectivity index (χ1) is 9.22. The molecule has 104 valence electrons. The SMILES string of the molecule is C=CCN(CC=C)C(=O)C1CCN(CCC#N)CC1. The highest BCUT2D eigenvalue weighted by Crippen LogP contribution is 2.19. The maximum atomic E-state index is 12.4. The fraction of sp³-hybridized carbons (Fsp3) is 0.600. The van der Waals surface area contributed by atoms with Gasteiger partial charge >= 0.3 is 0 Å². The fourth-order valence-electron chi connectivity index (χ4n) is 2.44. The molecule has 19 heavy (non-hydrogen) atoms. The number of carbonyl (C=O) groups excluding carboxylic acids is 1. The van der Waals surface area contributed by atoms with Crippen molar-refractivity contribution in [2.45, 2.75) is 19.3 Å². The minimum Gasteiger partial charge on any atom is -0.335 e. The number of amides is 1. The molecule has 0 unspecified atom stereocenters. The summed E-state index contributed by atoms with van der Waals surface area (Å²) in [4.78, 5) is 16.4. The van der Waals surface area contributed by atoms with Gasteiger partial charge in [0, 0.05) is 32.0 Å². The van der Waals surface area contributed by atoms with Crippen molar-refractivity contribution in [3.8, 4) is 6.07 Å². The third kappa shape index (κ3) is 4.88. The van der Waals surface area contributed by atoms with Crippen LogP contribution in [0.2, 0.25) is 0 Å². The number of piperidine rings is 1. The molecule has 0 bridgehead atoms. The van der Waals surface area contributed by atoms with Crippen LogP contribution in [0.25, 0.3) is 0 Å². The van der Waals surface area contributed by atoms with E-state index in [9.17, 15) is 4.79 Å². The van der Waals surface area contributed by atoms with E-state index >= 15 is 0 Å². The quantitative estimate of drug-likeness (QED) is 0.657. The predicted molar refractivity (Wildman–Crippen MR) is 76.4 cm³/mol. The molecule has 0 atom stereocenters. The summed E-state index contributed by atoms with van der Waals surface area (Å²) >= 11 is 0. The number of carbonyl (C=O) groups is 1. The van der Waals surface area contributed by atoms with Gasteiger partial charge in [-0.3, -0.25) is 4.79 Å². The summed E-state index contributed by atoms with van der Waals surface area (Å²) in [6, 6.07) is 2.16. The van der Waals surface area contributed by atoms with Crippen LogP contribution in [0, 0.1) is 17.2 Å². The molecule has 1 saturated heterocycles. The molecule has 1 heterocycles. The van der Waals surface area contributed by atoms with Crippen LogP contribution in [-0.4, -0.2) is 48.4 Å². The lowest BCUT2D eigenvalue weighted by molar-refractivity contribution is -0.136. The van der Waals surface area contributed by atoms with Crippen LogP contribution in [0.1, 0.15) is 19.3 Å². The molecule has 0 aromatic rings. The molecule has 4 heteroatoms. The van der Waals surface area contributed by atoms with Gasteiger partial charge in [-0.15, -0.1) is 13.2 Å². The zero-order valence-corrected chi connectivity index (χ0v) is 11.6. The van der Waals surface area contributed by atoms with E-state index < -0.39 is 0 Å². The van der Waals surface area contributed by atoms with Crippen LogP contribution in [0.15, 0.2) is 25.3 Å². The molecule has 0 saturated carbocycles. The largest absolute Gasteiger partial charge is 0.335 e. The third-order valence-corrected chi connectivity index (χ3v) is 3.49. The van der Waals surface area contributed by atoms with Crippen molar-refractivity contribution in [2.75, 3.05) is 32.7 Å². The van der Waals surface area contributed by atoms with Crippen molar-refractivity contribution >= 4 is 5.91 Å². The van der Waals surface area contributed by atoms with Gasteiger partial charge in [0.2, 0.25) is 5.91 Å². The number of likely N-dealkylation sites (tertiary alicyclic amines) is 1. The Kier molecular flexibility index (Phi) is 6.91. The number of hydrogen-bond donors (Lipinski definition) is 0. The lowest BCUT2D eigenvalue weighted by Crippen LogP contribution is -2.42. The number of nitriles is 1. The first kappa shape index (κ1) is 15.5. The van der Waals surface area contributed by atoms with E-state index in [4.69, 9.17) is 5.26 Å². The first-order valence-corrected chi connectivity index (χ1v) is 6.82. The molecule has 0 spiro atoms. The highest BCUT2D eigenvalue weighted by Gasteiger charge is 2.27. The minimum absolute atomic E-state index is 0.109. The molecule has 0 aromatic heterocycles. The normalized spacial score (nSPS) is 16.6. The van der Waals surface area contributed by atoms with Crippen molar-refractivity contribution in [1.29, 1.82) is 5.26 Å². The first-order valence-electron chi connectivity index (χ1n) is 6.82. The molecule has 1 rings (SSSR count). The summed E-state index contributed by atoms with van der Waals surface area (Å²) in [5.41, 5.74) is 0. The molecule has 1 aliphatic heterocycles. The van der Waals surface area contributed by atoms with Crippen molar-refractivity contribution in [1.82, 2.24) is 9.80 Å². The van der Waals surface area contributed by atoms with E-state index in [-0.39, 0.29) is 11.8 Å². The summed E-state index contributed by atoms with van der Waals surface area (Å²) in [5.74, 6) is 0.318. The van der Waals surface area contributed by atoms with Gasteiger partial charge in [-0.25, -0.2) is 0 Å². The Bertz CT molecular complexity index is 341. The van der Waals surface area contributed by atoms with Crippen LogP contribution < -0.4 is 0 Å². The second-order valence-corrected chi connectivity index (χ2v) is 4.84. The molecular formula is C15H23N3O. The lowest BCUT2D eigenvalue weighted by Gasteiger charge is -2.33. The topological polar surface area (TPSA) is 47.3 Å². The van der Waals surface area contributed by atoms with Crippen LogP contribution >= 0.6 is 0 Å². The standard InChI is InChI=1S/C15H23N3O/c1-3-9-18(10-4-2)15(19)14-6-12-17(13-7-14)11-5-8-16/h3-4,14H,1-2,5-7,9-13H2. The van der Waals surface area contributed by atoms with E-state index in [1.165, 1.54) is 0 Å². The van der Waals surface area contributed by atoms with Gasteiger partial charge in [0.25, 0.3) is 0 Å². The Hall–Kier alpha value is -1.60. The molecular weight excluding hydrogens is 238 g/mol. The van der Waals surface area contributed by atoms with Crippen LogP contribution in [0.4, 0.5) is 0 Å². The molecule has 1 aliphatic rings. The van der Waals surface area contributed by atoms with Crippen molar-refractivity contribution < 1.29 is 4.79 Å². The maximum absolute atomic E-state index is 12.4. The summed E-state index contributed by atoms with van der Waals surface area (Å²) in [7, 11) is 0. The predicted octanol–water partition coefficient (Wildman–Crippen LogP) is 1.81. The summed E-state index contributed by atoms with van der Waals surface area (Å²) in [6.45, 7) is 11.2. The molecule has 0 radical (unpaired) electrons. The Balaban J connectivity index is 2.44. The van der Waals surface area contributed by atoms with Gasteiger partial charge in [0.1, 0.15) is 0 Å². The summed E-state index contributed by atoms with van der Waals surface area (Å²) < 4.78 is 0. The van der Waals surface area contributed by atoms with Gasteiger partial charge in [-0.05, 0) is 25.9 Å². The van der Waals surface area contributed by atoms with E-state index in [1.807, 2.05) is 0 Å². The van der Waals surface area contributed by atoms with Gasteiger partial charge < -0.3 is 9.80 Å². The van der Waals surface area contributed by atoms with Gasteiger partial charge in [-0.2, -0.15) is 5.26 Å². The average molecular weight is 261 g/mol. The maximum Gasteiger partial charge on any atom is 0.226 e. The average Bonchev–Trinajstić information content (AvgIpc) is 2.44. The second kappa shape index (κ2) is 8.49. The number of hydrogen-bond acceptors (Lipinski definition) is 3. The van der Waals surface area contributed by atoms with E-state index in [2.05, 4.69) is 24.1 Å². The van der Waals surface area contributed by atoms with E-state index in [0.29, 0.717) is 19.5 Å². The highest BCUT2D eigenvalue weighted by atomic mass is 16.2. The van der Waals surface area contributed by atoms with Crippen molar-refractivity contribution in [2.24, 2.45) is 5.92 Å². The van der Waals surface area contributed by atoms with Crippen LogP contribution in [0.3, 0.4) is 0 Å². The Labute approximate surface area is 116 Å². The zero-order chi connectivity index (χ0) is 14.1. The Morgan fingerprint density at radius 3 is 2.37 bits per heavy atom. The third-order valence-electron chi connectivity index (χ3n) is 3.49. The molecule has 1 fully saturated rings. The number of rotatable bonds is 7. The van der Waals surface area contributed by atoms with Crippen LogP contribution in [-0.2, 0) is 4.79 Å². The highest BCUT2D eigenvalue weighted by molar-refractivity contribution is 5.79. The second-order valence-electron chi connectivity index (χ2n) is 4.84. The Morgan fingerprint density at radius 1 is 1.32 bits per heavy atom. The fourth-order valence-corrected chi connectivity index (χ4v) is 2.44. The molecule has 1 amide bonds. The lowest BCUT2D eigenvalue weighted by atomic mass is 9.95. The smallest absolute Gasteiger partial charge is 0.226 e. The molecule has 0 N–H and O–H groups in total. The van der Waals surface area contributed by atoms with E-state index in [0.717, 1.165) is 32.5 Å². The monoisotopic (exact) mass is 261 g/mol. The molecule has 0 aromatic carbocycles. The van der Waals surface area contributed by atoms with Crippen molar-refractivity contribution in [3.05, 3.63) is 25.3 Å². The number of nitrogens with zero attached hydrogens (tertiary/aromatic N) is 3. The van der Waals surface area contributed by atoms with Gasteiger partial charge in [0.15, 0.2) is 0 Å². The van der Waals surface area contributed by atoms with Crippen LogP contribution in [0.5, 0.6) is 0 Å².